The van der Waals surface area contributed by atoms with E-state index in [0.717, 1.165) is 31.2 Å². The number of Topliss-reactive ketones (excluding diaryl/α,β-unsaturated/α-hetero) is 1. The predicted octanol–water partition coefficient (Wildman–Crippen LogP) is 5.62. The van der Waals surface area contributed by atoms with Gasteiger partial charge in [-0.2, -0.15) is 0 Å². The number of hydrogen-bond acceptors (Lipinski definition) is 5. The fourth-order valence-electron chi connectivity index (χ4n) is 5.15. The van der Waals surface area contributed by atoms with Crippen LogP contribution in [0.5, 0.6) is 5.75 Å². The molecular formula is C31H32N2O4. The van der Waals surface area contributed by atoms with Crippen LogP contribution in [0.3, 0.4) is 0 Å². The molecule has 190 valence electrons. The van der Waals surface area contributed by atoms with Crippen molar-refractivity contribution in [3.05, 3.63) is 100 Å². The van der Waals surface area contributed by atoms with Crippen molar-refractivity contribution >= 4 is 17.4 Å². The summed E-state index contributed by atoms with van der Waals surface area (Å²) in [4.78, 5) is 32.5. The number of nitrogens with zero attached hydrogens (tertiary/aromatic N) is 2. The van der Waals surface area contributed by atoms with E-state index in [-0.39, 0.29) is 17.9 Å². The molecule has 1 fully saturated rings. The fourth-order valence-corrected chi connectivity index (χ4v) is 5.15. The van der Waals surface area contributed by atoms with Gasteiger partial charge < -0.3 is 14.7 Å². The van der Waals surface area contributed by atoms with Gasteiger partial charge in [-0.3, -0.25) is 14.6 Å². The topological polar surface area (TPSA) is 79.7 Å². The lowest BCUT2D eigenvalue weighted by atomic mass is 9.88. The summed E-state index contributed by atoms with van der Waals surface area (Å²) in [6, 6.07) is 16.2. The molecule has 0 spiro atoms. The zero-order valence-corrected chi connectivity index (χ0v) is 21.3. The second-order valence-electron chi connectivity index (χ2n) is 10.3. The number of pyridine rings is 1. The molecule has 1 aliphatic heterocycles. The number of aliphatic hydroxyl groups is 1. The average Bonchev–Trinajstić information content (AvgIpc) is 3.17. The lowest BCUT2D eigenvalue weighted by Gasteiger charge is -2.26. The first-order chi connectivity index (χ1) is 17.9. The molecule has 0 bridgehead atoms. The summed E-state index contributed by atoms with van der Waals surface area (Å²) < 4.78 is 5.94. The third-order valence-electron chi connectivity index (χ3n) is 6.99. The van der Waals surface area contributed by atoms with E-state index in [9.17, 15) is 14.7 Å². The third kappa shape index (κ3) is 5.15. The van der Waals surface area contributed by atoms with E-state index in [1.54, 1.807) is 18.5 Å². The summed E-state index contributed by atoms with van der Waals surface area (Å²) in [6.45, 7) is 4.89. The number of likely N-dealkylation sites (tertiary alicyclic amines) is 1. The van der Waals surface area contributed by atoms with Gasteiger partial charge >= 0.3 is 0 Å². The van der Waals surface area contributed by atoms with Gasteiger partial charge in [0, 0.05) is 24.5 Å². The summed E-state index contributed by atoms with van der Waals surface area (Å²) in [7, 11) is 0. The van der Waals surface area contributed by atoms with E-state index >= 15 is 0 Å². The van der Waals surface area contributed by atoms with E-state index in [1.165, 1.54) is 16.0 Å². The number of aliphatic hydroxyl groups excluding tert-OH is 1. The van der Waals surface area contributed by atoms with Crippen LogP contribution >= 0.6 is 0 Å². The molecule has 1 amide bonds. The van der Waals surface area contributed by atoms with Crippen LogP contribution in [0.25, 0.3) is 5.76 Å². The van der Waals surface area contributed by atoms with E-state index in [1.807, 2.05) is 48.5 Å². The van der Waals surface area contributed by atoms with E-state index in [4.69, 9.17) is 4.74 Å². The van der Waals surface area contributed by atoms with E-state index < -0.39 is 17.7 Å². The first-order valence-corrected chi connectivity index (χ1v) is 12.9. The van der Waals surface area contributed by atoms with Crippen molar-refractivity contribution in [2.75, 3.05) is 6.61 Å². The van der Waals surface area contributed by atoms with Gasteiger partial charge in [-0.1, -0.05) is 44.2 Å². The van der Waals surface area contributed by atoms with Crippen molar-refractivity contribution in [2.24, 2.45) is 5.92 Å². The minimum absolute atomic E-state index is 0.102. The van der Waals surface area contributed by atoms with Crippen LogP contribution in [0.15, 0.2) is 72.6 Å². The van der Waals surface area contributed by atoms with Crippen molar-refractivity contribution in [3.8, 4) is 5.75 Å². The molecule has 37 heavy (non-hydrogen) atoms. The monoisotopic (exact) mass is 496 g/mol. The van der Waals surface area contributed by atoms with Gasteiger partial charge in [-0.25, -0.2) is 0 Å². The maximum Gasteiger partial charge on any atom is 0.295 e. The van der Waals surface area contributed by atoms with Crippen LogP contribution in [-0.4, -0.2) is 33.3 Å². The Balaban J connectivity index is 1.60. The van der Waals surface area contributed by atoms with Crippen LogP contribution in [0.2, 0.25) is 0 Å². The molecule has 2 aromatic carbocycles. The molecule has 5 rings (SSSR count). The quantitative estimate of drug-likeness (QED) is 0.261. The number of carbonyl (C=O) groups is 2. The Bertz CT molecular complexity index is 1350. The number of carbonyl (C=O) groups excluding carboxylic acids is 2. The van der Waals surface area contributed by atoms with Crippen LogP contribution < -0.4 is 4.74 Å². The molecule has 6 heteroatoms. The van der Waals surface area contributed by atoms with Crippen molar-refractivity contribution in [1.82, 2.24) is 9.88 Å². The number of aromatic nitrogens is 1. The van der Waals surface area contributed by atoms with Crippen molar-refractivity contribution in [2.45, 2.75) is 52.1 Å². The first kappa shape index (κ1) is 24.8. The van der Waals surface area contributed by atoms with Gasteiger partial charge in [0.05, 0.1) is 18.2 Å². The Morgan fingerprint density at radius 3 is 2.62 bits per heavy atom. The SMILES string of the molecule is CC(C)COc1cccc(C2/C(=C(/O)c3ccc4c(c3)CCCC4)C(=O)C(=O)N2Cc2cccnc2)c1. The number of aryl methyl sites for hydroxylation is 2. The van der Waals surface area contributed by atoms with Crippen LogP contribution in [0, 0.1) is 5.92 Å². The lowest BCUT2D eigenvalue weighted by Crippen LogP contribution is -2.29. The molecule has 0 radical (unpaired) electrons. The van der Waals surface area contributed by atoms with Gasteiger partial charge in [0.2, 0.25) is 0 Å². The van der Waals surface area contributed by atoms with Gasteiger partial charge in [-0.05, 0) is 78.1 Å². The number of ether oxygens (including phenoxy) is 1. The number of rotatable bonds is 7. The molecule has 2 aliphatic rings. The average molecular weight is 497 g/mol. The van der Waals surface area contributed by atoms with Gasteiger partial charge in [0.25, 0.3) is 11.7 Å². The zero-order valence-electron chi connectivity index (χ0n) is 21.3. The molecule has 6 nitrogen and oxygen atoms in total. The second-order valence-corrected chi connectivity index (χ2v) is 10.3. The van der Waals surface area contributed by atoms with Crippen LogP contribution in [-0.2, 0) is 29.0 Å². The maximum absolute atomic E-state index is 13.4. The molecule has 1 atom stereocenters. The second kappa shape index (κ2) is 10.6. The van der Waals surface area contributed by atoms with Crippen molar-refractivity contribution in [1.29, 1.82) is 0 Å². The molecular weight excluding hydrogens is 464 g/mol. The normalized spacial score (nSPS) is 18.8. The minimum Gasteiger partial charge on any atom is -0.507 e. The Labute approximate surface area is 217 Å². The van der Waals surface area contributed by atoms with Crippen LogP contribution in [0.1, 0.15) is 60.5 Å². The molecule has 1 unspecified atom stereocenters. The Morgan fingerprint density at radius 2 is 1.86 bits per heavy atom. The van der Waals surface area contributed by atoms with Crippen molar-refractivity contribution < 1.29 is 19.4 Å². The Hall–Kier alpha value is -3.93. The number of ketones is 1. The molecule has 1 saturated heterocycles. The highest BCUT2D eigenvalue weighted by atomic mass is 16.5. The van der Waals surface area contributed by atoms with Gasteiger partial charge in [-0.15, -0.1) is 0 Å². The standard InChI is InChI=1S/C31H32N2O4/c1-20(2)19-37-26-11-5-10-24(16-26)28-27(29(34)25-13-12-22-8-3-4-9-23(22)15-25)30(35)31(36)33(28)18-21-7-6-14-32-17-21/h5-7,10-17,20,28,34H,3-4,8-9,18-19H2,1-2H3/b29-27-. The largest absolute Gasteiger partial charge is 0.507 e. The molecule has 1 aliphatic carbocycles. The van der Waals surface area contributed by atoms with Crippen LogP contribution in [0.4, 0.5) is 0 Å². The molecule has 3 aromatic rings. The molecule has 0 saturated carbocycles. The number of fused-ring (bicyclic) bond motifs is 1. The predicted molar refractivity (Wildman–Crippen MR) is 142 cm³/mol. The lowest BCUT2D eigenvalue weighted by molar-refractivity contribution is -0.140. The zero-order chi connectivity index (χ0) is 25.9. The smallest absolute Gasteiger partial charge is 0.295 e. The molecule has 2 heterocycles. The maximum atomic E-state index is 13.4. The summed E-state index contributed by atoms with van der Waals surface area (Å²) in [6.07, 6.45) is 7.59. The summed E-state index contributed by atoms with van der Waals surface area (Å²) in [5, 5.41) is 11.5. The molecule has 1 N–H and O–H groups in total. The molecule has 1 aromatic heterocycles. The van der Waals surface area contributed by atoms with Gasteiger partial charge in [0.1, 0.15) is 11.5 Å². The number of amides is 1. The van der Waals surface area contributed by atoms with Crippen molar-refractivity contribution in [3.63, 3.8) is 0 Å². The number of hydrogen-bond donors (Lipinski definition) is 1. The van der Waals surface area contributed by atoms with Gasteiger partial charge in [0.15, 0.2) is 0 Å². The van der Waals surface area contributed by atoms with E-state index in [2.05, 4.69) is 18.8 Å². The highest BCUT2D eigenvalue weighted by molar-refractivity contribution is 6.46. The third-order valence-corrected chi connectivity index (χ3v) is 6.99. The highest BCUT2D eigenvalue weighted by Gasteiger charge is 2.46. The summed E-state index contributed by atoms with van der Waals surface area (Å²) in [5.41, 5.74) is 4.66. The Kier molecular flexibility index (Phi) is 7.08. The summed E-state index contributed by atoms with van der Waals surface area (Å²) in [5.74, 6) is -0.450. The highest BCUT2D eigenvalue weighted by Crippen LogP contribution is 2.41. The fraction of sp³-hybridized carbons (Fsp3) is 0.323. The minimum atomic E-state index is -0.751. The number of benzene rings is 2. The Morgan fingerprint density at radius 1 is 1.05 bits per heavy atom. The van der Waals surface area contributed by atoms with E-state index in [0.29, 0.717) is 29.4 Å². The first-order valence-electron chi connectivity index (χ1n) is 12.9. The summed E-state index contributed by atoms with van der Waals surface area (Å²) >= 11 is 0.